The lowest BCUT2D eigenvalue weighted by Crippen LogP contribution is -2.28. The van der Waals surface area contributed by atoms with Crippen LogP contribution in [-0.4, -0.2) is 33.6 Å². The highest BCUT2D eigenvalue weighted by Gasteiger charge is 2.10. The number of imidazole rings is 1. The summed E-state index contributed by atoms with van der Waals surface area (Å²) in [6, 6.07) is 3.88. The van der Waals surface area contributed by atoms with Gasteiger partial charge in [0.2, 0.25) is 5.91 Å². The molecule has 0 saturated heterocycles. The average Bonchev–Trinajstić information content (AvgIpc) is 3.01. The first-order valence-electron chi connectivity index (χ1n) is 5.69. The maximum Gasteiger partial charge on any atom is 0.232 e. The van der Waals surface area contributed by atoms with Gasteiger partial charge in [-0.2, -0.15) is 0 Å². The molecule has 2 heterocycles. The summed E-state index contributed by atoms with van der Waals surface area (Å²) in [7, 11) is 1.79. The summed E-state index contributed by atoms with van der Waals surface area (Å²) in [5.74, 6) is 2.18. The van der Waals surface area contributed by atoms with E-state index in [1.54, 1.807) is 47.4 Å². The van der Waals surface area contributed by atoms with Crippen molar-refractivity contribution in [3.63, 3.8) is 0 Å². The number of carbonyl (C=O) groups excluding carboxylic acids is 1. The highest BCUT2D eigenvalue weighted by Crippen LogP contribution is 2.25. The molecule has 0 bridgehead atoms. The van der Waals surface area contributed by atoms with Gasteiger partial charge in [-0.25, -0.2) is 4.98 Å². The minimum absolute atomic E-state index is 0.101. The van der Waals surface area contributed by atoms with Crippen molar-refractivity contribution in [2.75, 3.05) is 12.8 Å². The van der Waals surface area contributed by atoms with E-state index in [0.717, 1.165) is 15.9 Å². The number of H-pyrrole nitrogens is 1. The molecule has 0 fully saturated rings. The fourth-order valence-electron chi connectivity index (χ4n) is 1.48. The van der Waals surface area contributed by atoms with Crippen molar-refractivity contribution >= 4 is 40.6 Å². The van der Waals surface area contributed by atoms with E-state index in [9.17, 15) is 4.79 Å². The van der Waals surface area contributed by atoms with E-state index in [4.69, 9.17) is 11.6 Å². The van der Waals surface area contributed by atoms with Gasteiger partial charge in [-0.05, 0) is 12.1 Å². The summed E-state index contributed by atoms with van der Waals surface area (Å²) < 4.78 is 0.789. The quantitative estimate of drug-likeness (QED) is 0.891. The van der Waals surface area contributed by atoms with Crippen molar-refractivity contribution in [2.45, 2.75) is 12.3 Å². The summed E-state index contributed by atoms with van der Waals surface area (Å²) in [6.45, 7) is 0.511. The molecule has 0 radical (unpaired) electrons. The van der Waals surface area contributed by atoms with E-state index < -0.39 is 0 Å². The second-order valence-electron chi connectivity index (χ2n) is 3.98. The first kappa shape index (κ1) is 14.4. The van der Waals surface area contributed by atoms with E-state index in [1.165, 1.54) is 4.88 Å². The number of halogens is 1. The van der Waals surface area contributed by atoms with Gasteiger partial charge in [0, 0.05) is 30.1 Å². The molecule has 2 aromatic heterocycles. The Labute approximate surface area is 125 Å². The topological polar surface area (TPSA) is 49.0 Å². The molecule has 0 atom stereocenters. The zero-order valence-electron chi connectivity index (χ0n) is 10.4. The molecule has 0 aliphatic heterocycles. The summed E-state index contributed by atoms with van der Waals surface area (Å²) in [4.78, 5) is 21.9. The third-order valence-corrected chi connectivity index (χ3v) is 4.85. The lowest BCUT2D eigenvalue weighted by Gasteiger charge is -2.15. The largest absolute Gasteiger partial charge is 0.347 e. The van der Waals surface area contributed by atoms with Gasteiger partial charge in [-0.15, -0.1) is 23.1 Å². The standard InChI is InChI=1S/C12H14ClN3OS2/c1-16(6-11-14-4-5-15-11)12(17)8-18-7-9-2-3-10(13)19-9/h2-5H,6-8H2,1H3,(H,14,15). The molecule has 1 amide bonds. The van der Waals surface area contributed by atoms with E-state index in [1.807, 2.05) is 12.1 Å². The van der Waals surface area contributed by atoms with Crippen LogP contribution in [0.1, 0.15) is 10.7 Å². The predicted molar refractivity (Wildman–Crippen MR) is 80.6 cm³/mol. The van der Waals surface area contributed by atoms with Crippen LogP contribution in [0.3, 0.4) is 0 Å². The van der Waals surface area contributed by atoms with Gasteiger partial charge in [0.05, 0.1) is 16.6 Å². The number of hydrogen-bond donors (Lipinski definition) is 1. The summed E-state index contributed by atoms with van der Waals surface area (Å²) in [6.07, 6.45) is 3.44. The van der Waals surface area contributed by atoms with Gasteiger partial charge >= 0.3 is 0 Å². The fraction of sp³-hybridized carbons (Fsp3) is 0.333. The van der Waals surface area contributed by atoms with Gasteiger partial charge in [-0.3, -0.25) is 4.79 Å². The molecule has 0 aliphatic rings. The zero-order valence-corrected chi connectivity index (χ0v) is 12.8. The van der Waals surface area contributed by atoms with E-state index >= 15 is 0 Å². The first-order chi connectivity index (χ1) is 9.15. The van der Waals surface area contributed by atoms with Crippen LogP contribution >= 0.6 is 34.7 Å². The van der Waals surface area contributed by atoms with E-state index in [-0.39, 0.29) is 5.91 Å². The number of thiophene rings is 1. The summed E-state index contributed by atoms with van der Waals surface area (Å²) in [5, 5.41) is 0. The highest BCUT2D eigenvalue weighted by molar-refractivity contribution is 7.99. The third kappa shape index (κ3) is 4.56. The van der Waals surface area contributed by atoms with Gasteiger partial charge in [-0.1, -0.05) is 11.6 Å². The molecule has 19 heavy (non-hydrogen) atoms. The number of rotatable bonds is 6. The fourth-order valence-corrected chi connectivity index (χ4v) is 3.64. The SMILES string of the molecule is CN(Cc1ncc[nH]1)C(=O)CSCc1ccc(Cl)s1. The third-order valence-electron chi connectivity index (χ3n) is 2.47. The van der Waals surface area contributed by atoms with Crippen molar-refractivity contribution in [3.05, 3.63) is 39.6 Å². The average molecular weight is 316 g/mol. The van der Waals surface area contributed by atoms with Gasteiger partial charge in [0.15, 0.2) is 0 Å². The molecule has 0 aliphatic carbocycles. The predicted octanol–water partition coefficient (Wildman–Crippen LogP) is 3.02. The summed E-state index contributed by atoms with van der Waals surface area (Å²) in [5.41, 5.74) is 0. The number of thioether (sulfide) groups is 1. The van der Waals surface area contributed by atoms with E-state index in [2.05, 4.69) is 9.97 Å². The van der Waals surface area contributed by atoms with Crippen molar-refractivity contribution in [1.82, 2.24) is 14.9 Å². The monoisotopic (exact) mass is 315 g/mol. The van der Waals surface area contributed by atoms with E-state index in [0.29, 0.717) is 12.3 Å². The van der Waals surface area contributed by atoms with Crippen molar-refractivity contribution < 1.29 is 4.79 Å². The van der Waals surface area contributed by atoms with Crippen LogP contribution in [0.2, 0.25) is 4.34 Å². The number of aromatic nitrogens is 2. The molecule has 4 nitrogen and oxygen atoms in total. The number of amides is 1. The Kier molecular flexibility index (Phi) is 5.30. The second-order valence-corrected chi connectivity index (χ2v) is 6.77. The Balaban J connectivity index is 1.71. The molecular formula is C12H14ClN3OS2. The molecule has 102 valence electrons. The van der Waals surface area contributed by atoms with Crippen LogP contribution in [0.5, 0.6) is 0 Å². The number of nitrogens with zero attached hydrogens (tertiary/aromatic N) is 2. The molecule has 2 aromatic rings. The van der Waals surface area contributed by atoms with Crippen LogP contribution in [0.4, 0.5) is 0 Å². The molecule has 7 heteroatoms. The van der Waals surface area contributed by atoms with Crippen LogP contribution in [0.15, 0.2) is 24.5 Å². The number of nitrogens with one attached hydrogen (secondary N) is 1. The Bertz CT molecular complexity index is 527. The summed E-state index contributed by atoms with van der Waals surface area (Å²) >= 11 is 9.01. The maximum atomic E-state index is 11.9. The lowest BCUT2D eigenvalue weighted by atomic mass is 10.5. The van der Waals surface area contributed by atoms with Gasteiger partial charge in [0.25, 0.3) is 0 Å². The maximum absolute atomic E-state index is 11.9. The first-order valence-corrected chi connectivity index (χ1v) is 8.04. The molecule has 0 saturated carbocycles. The van der Waals surface area contributed by atoms with Crippen LogP contribution in [-0.2, 0) is 17.1 Å². The zero-order chi connectivity index (χ0) is 13.7. The van der Waals surface area contributed by atoms with Gasteiger partial charge in [0.1, 0.15) is 5.82 Å². The Hall–Kier alpha value is -0.980. The molecule has 2 rings (SSSR count). The molecule has 0 spiro atoms. The molecule has 0 unspecified atom stereocenters. The molecular weight excluding hydrogens is 302 g/mol. The number of hydrogen-bond acceptors (Lipinski definition) is 4. The lowest BCUT2D eigenvalue weighted by molar-refractivity contribution is -0.127. The highest BCUT2D eigenvalue weighted by atomic mass is 35.5. The Morgan fingerprint density at radius 1 is 1.58 bits per heavy atom. The van der Waals surface area contributed by atoms with Crippen LogP contribution in [0, 0.1) is 0 Å². The number of carbonyl (C=O) groups is 1. The second kappa shape index (κ2) is 6.98. The Morgan fingerprint density at radius 2 is 2.42 bits per heavy atom. The minimum Gasteiger partial charge on any atom is -0.347 e. The minimum atomic E-state index is 0.101. The smallest absolute Gasteiger partial charge is 0.232 e. The number of aromatic amines is 1. The Morgan fingerprint density at radius 3 is 3.05 bits per heavy atom. The van der Waals surface area contributed by atoms with Crippen LogP contribution in [0.25, 0.3) is 0 Å². The van der Waals surface area contributed by atoms with Crippen molar-refractivity contribution in [2.24, 2.45) is 0 Å². The molecule has 1 N–H and O–H groups in total. The normalized spacial score (nSPS) is 10.6. The van der Waals surface area contributed by atoms with Gasteiger partial charge < -0.3 is 9.88 Å². The molecule has 0 aromatic carbocycles. The van der Waals surface area contributed by atoms with Crippen molar-refractivity contribution in [1.29, 1.82) is 0 Å². The van der Waals surface area contributed by atoms with Crippen LogP contribution < -0.4 is 0 Å². The van der Waals surface area contributed by atoms with Crippen molar-refractivity contribution in [3.8, 4) is 0 Å².